The molecule has 0 aliphatic carbocycles. The van der Waals surface area contributed by atoms with E-state index in [1.54, 1.807) is 18.2 Å². The number of rotatable bonds is 3. The predicted octanol–water partition coefficient (Wildman–Crippen LogP) is 2.57. The summed E-state index contributed by atoms with van der Waals surface area (Å²) in [4.78, 5) is 12.0. The van der Waals surface area contributed by atoms with E-state index >= 15 is 0 Å². The Balaban J connectivity index is 5.04. The molecule has 3 nitrogen and oxygen atoms in total. The third kappa shape index (κ3) is 4.03. The minimum Gasteiger partial charge on any atom is -0.271 e. The topological polar surface area (TPSA) is 46.3 Å². The van der Waals surface area contributed by atoms with Gasteiger partial charge in [0, 0.05) is 5.57 Å². The monoisotopic (exact) mass is 222 g/mol. The third-order valence-corrected chi connectivity index (χ3v) is 2.20. The molecule has 16 heavy (non-hydrogen) atoms. The Morgan fingerprint density at radius 3 is 2.19 bits per heavy atom. The average molecular weight is 222 g/mol. The Morgan fingerprint density at radius 2 is 1.88 bits per heavy atom. The molecule has 0 bridgehead atoms. The van der Waals surface area contributed by atoms with Crippen LogP contribution in [0.2, 0.25) is 0 Å². The second kappa shape index (κ2) is 5.66. The van der Waals surface area contributed by atoms with Gasteiger partial charge < -0.3 is 0 Å². The van der Waals surface area contributed by atoms with Crippen molar-refractivity contribution in [3.8, 4) is 0 Å². The molecular weight excluding hydrogens is 200 g/mol. The maximum atomic E-state index is 12.0. The summed E-state index contributed by atoms with van der Waals surface area (Å²) in [5, 5.41) is 1.25. The van der Waals surface area contributed by atoms with E-state index in [0.29, 0.717) is 5.57 Å². The van der Waals surface area contributed by atoms with Crippen molar-refractivity contribution in [3.63, 3.8) is 0 Å². The normalized spacial score (nSPS) is 13.6. The molecule has 1 amide bonds. The quantitative estimate of drug-likeness (QED) is 0.262. The zero-order valence-corrected chi connectivity index (χ0v) is 10.9. The molecule has 0 aliphatic heterocycles. The van der Waals surface area contributed by atoms with Crippen LogP contribution in [0.1, 0.15) is 34.6 Å². The standard InChI is InChI=1S/C13H22N2O/c1-7-10(3)9-11(8-2)12(16)15(14)13(4,5)6/h7-9H,1,14H2,2-6H3/b10-9-,11-8+. The number of hydrogen-bond donors (Lipinski definition) is 1. The highest BCUT2D eigenvalue weighted by molar-refractivity contribution is 5.96. The maximum absolute atomic E-state index is 12.0. The van der Waals surface area contributed by atoms with Crippen LogP contribution in [0, 0.1) is 0 Å². The van der Waals surface area contributed by atoms with Gasteiger partial charge in [0.15, 0.2) is 0 Å². The van der Waals surface area contributed by atoms with Crippen LogP contribution in [0.5, 0.6) is 0 Å². The summed E-state index contributed by atoms with van der Waals surface area (Å²) < 4.78 is 0. The van der Waals surface area contributed by atoms with Gasteiger partial charge in [0.1, 0.15) is 0 Å². The first-order chi connectivity index (χ1) is 7.23. The Morgan fingerprint density at radius 1 is 1.38 bits per heavy atom. The Labute approximate surface area is 98.3 Å². The molecule has 0 radical (unpaired) electrons. The van der Waals surface area contributed by atoms with E-state index in [0.717, 1.165) is 5.57 Å². The largest absolute Gasteiger partial charge is 0.271 e. The summed E-state index contributed by atoms with van der Waals surface area (Å²) in [7, 11) is 0. The van der Waals surface area contributed by atoms with E-state index in [2.05, 4.69) is 6.58 Å². The molecular formula is C13H22N2O. The number of allylic oxidation sites excluding steroid dienone is 3. The first-order valence-electron chi connectivity index (χ1n) is 5.30. The van der Waals surface area contributed by atoms with Crippen LogP contribution in [-0.2, 0) is 4.79 Å². The van der Waals surface area contributed by atoms with Gasteiger partial charge in [-0.1, -0.05) is 24.3 Å². The highest BCUT2D eigenvalue weighted by Gasteiger charge is 2.24. The number of nitrogens with zero attached hydrogens (tertiary/aromatic N) is 1. The maximum Gasteiger partial charge on any atom is 0.267 e. The lowest BCUT2D eigenvalue weighted by Gasteiger charge is -2.31. The molecule has 0 rings (SSSR count). The number of hydrogen-bond acceptors (Lipinski definition) is 2. The van der Waals surface area contributed by atoms with E-state index < -0.39 is 0 Å². The van der Waals surface area contributed by atoms with Gasteiger partial charge in [-0.25, -0.2) is 5.84 Å². The van der Waals surface area contributed by atoms with Crippen molar-refractivity contribution in [1.82, 2.24) is 5.01 Å². The molecule has 0 aromatic heterocycles. The highest BCUT2D eigenvalue weighted by Crippen LogP contribution is 2.14. The first kappa shape index (κ1) is 14.6. The molecule has 0 unspecified atom stereocenters. The van der Waals surface area contributed by atoms with Gasteiger partial charge >= 0.3 is 0 Å². The molecule has 0 spiro atoms. The van der Waals surface area contributed by atoms with Crippen LogP contribution in [-0.4, -0.2) is 16.5 Å². The lowest BCUT2D eigenvalue weighted by Crippen LogP contribution is -2.50. The highest BCUT2D eigenvalue weighted by atomic mass is 16.2. The molecule has 3 heteroatoms. The second-order valence-corrected chi connectivity index (χ2v) is 4.68. The van der Waals surface area contributed by atoms with Crippen molar-refractivity contribution in [1.29, 1.82) is 0 Å². The van der Waals surface area contributed by atoms with Crippen LogP contribution in [0.3, 0.4) is 0 Å². The number of carbonyl (C=O) groups excluding carboxylic acids is 1. The Bertz CT molecular complexity index is 332. The fourth-order valence-electron chi connectivity index (χ4n) is 1.02. The molecule has 0 heterocycles. The van der Waals surface area contributed by atoms with Gasteiger partial charge in [-0.2, -0.15) is 0 Å². The van der Waals surface area contributed by atoms with Crippen LogP contribution >= 0.6 is 0 Å². The van der Waals surface area contributed by atoms with Gasteiger partial charge in [-0.05, 0) is 40.7 Å². The zero-order chi connectivity index (χ0) is 12.9. The van der Waals surface area contributed by atoms with Crippen LogP contribution in [0.4, 0.5) is 0 Å². The summed E-state index contributed by atoms with van der Waals surface area (Å²) in [5.41, 5.74) is 1.12. The first-order valence-corrected chi connectivity index (χ1v) is 5.30. The summed E-state index contributed by atoms with van der Waals surface area (Å²) >= 11 is 0. The predicted molar refractivity (Wildman–Crippen MR) is 68.5 cm³/mol. The fourth-order valence-corrected chi connectivity index (χ4v) is 1.02. The lowest BCUT2D eigenvalue weighted by molar-refractivity contribution is -0.131. The van der Waals surface area contributed by atoms with Gasteiger partial charge in [-0.15, -0.1) is 0 Å². The molecule has 0 saturated carbocycles. The van der Waals surface area contributed by atoms with Crippen molar-refractivity contribution in [2.45, 2.75) is 40.2 Å². The van der Waals surface area contributed by atoms with Crippen molar-refractivity contribution in [3.05, 3.63) is 36.0 Å². The van der Waals surface area contributed by atoms with Crippen LogP contribution in [0.25, 0.3) is 0 Å². The Kier molecular flexibility index (Phi) is 5.18. The fraction of sp³-hybridized carbons (Fsp3) is 0.462. The SMILES string of the molecule is C=C/C(C)=C\C(=C/C)C(=O)N(N)C(C)(C)C. The van der Waals surface area contributed by atoms with Crippen LogP contribution < -0.4 is 5.84 Å². The number of amides is 1. The molecule has 0 atom stereocenters. The van der Waals surface area contributed by atoms with E-state index in [1.807, 2.05) is 34.6 Å². The summed E-state index contributed by atoms with van der Waals surface area (Å²) in [6.07, 6.45) is 5.23. The number of carbonyl (C=O) groups is 1. The van der Waals surface area contributed by atoms with Crippen LogP contribution in [0.15, 0.2) is 36.0 Å². The van der Waals surface area contributed by atoms with E-state index in [4.69, 9.17) is 5.84 Å². The van der Waals surface area contributed by atoms with E-state index in [9.17, 15) is 4.79 Å². The second-order valence-electron chi connectivity index (χ2n) is 4.68. The minimum atomic E-state index is -0.388. The zero-order valence-electron chi connectivity index (χ0n) is 10.9. The molecule has 2 N–H and O–H groups in total. The lowest BCUT2D eigenvalue weighted by atomic mass is 10.1. The molecule has 0 aromatic rings. The smallest absolute Gasteiger partial charge is 0.267 e. The van der Waals surface area contributed by atoms with Gasteiger partial charge in [0.05, 0.1) is 5.54 Å². The minimum absolute atomic E-state index is 0.184. The van der Waals surface area contributed by atoms with Gasteiger partial charge in [0.25, 0.3) is 5.91 Å². The van der Waals surface area contributed by atoms with Gasteiger partial charge in [0.2, 0.25) is 0 Å². The van der Waals surface area contributed by atoms with E-state index in [-0.39, 0.29) is 11.4 Å². The molecule has 0 aliphatic rings. The molecule has 0 aromatic carbocycles. The average Bonchev–Trinajstić information content (AvgIpc) is 2.22. The Hall–Kier alpha value is -1.35. The van der Waals surface area contributed by atoms with Gasteiger partial charge in [-0.3, -0.25) is 9.80 Å². The van der Waals surface area contributed by atoms with Crippen molar-refractivity contribution >= 4 is 5.91 Å². The van der Waals surface area contributed by atoms with Crippen molar-refractivity contribution in [2.24, 2.45) is 5.84 Å². The van der Waals surface area contributed by atoms with Crippen molar-refractivity contribution < 1.29 is 4.79 Å². The summed E-state index contributed by atoms with van der Waals surface area (Å²) in [5.74, 6) is 5.59. The summed E-state index contributed by atoms with van der Waals surface area (Å²) in [6.45, 7) is 13.0. The molecule has 90 valence electrons. The molecule has 0 fully saturated rings. The third-order valence-electron chi connectivity index (χ3n) is 2.20. The summed E-state index contributed by atoms with van der Waals surface area (Å²) in [6, 6.07) is 0. The number of nitrogens with two attached hydrogens (primary N) is 1. The van der Waals surface area contributed by atoms with Crippen molar-refractivity contribution in [2.75, 3.05) is 0 Å². The molecule has 0 saturated heterocycles. The number of hydrazine groups is 1. The van der Waals surface area contributed by atoms with E-state index in [1.165, 1.54) is 5.01 Å².